The van der Waals surface area contributed by atoms with Crippen LogP contribution in [0.4, 0.5) is 5.69 Å². The zero-order chi connectivity index (χ0) is 11.6. The lowest BCUT2D eigenvalue weighted by molar-refractivity contribution is -0.386. The average molecular weight is 212 g/mol. The van der Waals surface area contributed by atoms with Crippen LogP contribution in [-0.4, -0.2) is 20.1 Å². The van der Waals surface area contributed by atoms with Crippen LogP contribution in [-0.2, 0) is 13.2 Å². The van der Waals surface area contributed by atoms with Crippen molar-refractivity contribution in [2.24, 2.45) is 0 Å². The van der Waals surface area contributed by atoms with Crippen molar-refractivity contribution in [3.8, 4) is 0 Å². The predicted octanol–water partition coefficient (Wildman–Crippen LogP) is 0.591. The molecule has 1 heterocycles. The van der Waals surface area contributed by atoms with Crippen LogP contribution in [0.2, 0.25) is 0 Å². The van der Waals surface area contributed by atoms with Crippen molar-refractivity contribution in [1.29, 1.82) is 0 Å². The number of rotatable bonds is 3. The molecule has 0 amide bonds. The molecule has 0 aliphatic carbocycles. The minimum Gasteiger partial charge on any atom is -0.390 e. The third kappa shape index (κ3) is 1.95. The third-order valence-electron chi connectivity index (χ3n) is 2.33. The van der Waals surface area contributed by atoms with Gasteiger partial charge in [0.2, 0.25) is 0 Å². The summed E-state index contributed by atoms with van der Waals surface area (Å²) < 4.78 is 0. The van der Waals surface area contributed by atoms with Crippen LogP contribution in [0.5, 0.6) is 0 Å². The van der Waals surface area contributed by atoms with E-state index in [4.69, 9.17) is 10.2 Å². The van der Waals surface area contributed by atoms with E-state index in [2.05, 4.69) is 4.98 Å². The molecule has 1 rings (SSSR count). The van der Waals surface area contributed by atoms with Gasteiger partial charge in [0.1, 0.15) is 0 Å². The Morgan fingerprint density at radius 3 is 1.87 bits per heavy atom. The largest absolute Gasteiger partial charge is 0.390 e. The van der Waals surface area contributed by atoms with E-state index >= 15 is 0 Å². The van der Waals surface area contributed by atoms with Crippen molar-refractivity contribution in [3.05, 3.63) is 32.6 Å². The molecule has 1 aromatic heterocycles. The Hall–Kier alpha value is -1.53. The highest BCUT2D eigenvalue weighted by Crippen LogP contribution is 2.27. The van der Waals surface area contributed by atoms with Crippen molar-refractivity contribution in [2.45, 2.75) is 27.1 Å². The van der Waals surface area contributed by atoms with E-state index in [0.29, 0.717) is 11.1 Å². The second-order valence-corrected chi connectivity index (χ2v) is 3.18. The van der Waals surface area contributed by atoms with Gasteiger partial charge in [-0.05, 0) is 13.8 Å². The molecule has 6 nitrogen and oxygen atoms in total. The van der Waals surface area contributed by atoms with Gasteiger partial charge in [-0.1, -0.05) is 0 Å². The fourth-order valence-electron chi connectivity index (χ4n) is 1.47. The van der Waals surface area contributed by atoms with Crippen LogP contribution < -0.4 is 0 Å². The zero-order valence-corrected chi connectivity index (χ0v) is 8.52. The summed E-state index contributed by atoms with van der Waals surface area (Å²) in [6.45, 7) is 2.32. The van der Waals surface area contributed by atoms with Crippen molar-refractivity contribution in [1.82, 2.24) is 4.98 Å². The summed E-state index contributed by atoms with van der Waals surface area (Å²) in [5, 5.41) is 28.7. The molecular weight excluding hydrogens is 200 g/mol. The van der Waals surface area contributed by atoms with E-state index in [-0.39, 0.29) is 30.3 Å². The Morgan fingerprint density at radius 1 is 1.20 bits per heavy atom. The predicted molar refractivity (Wildman–Crippen MR) is 52.2 cm³/mol. The van der Waals surface area contributed by atoms with E-state index in [1.54, 1.807) is 0 Å². The van der Waals surface area contributed by atoms with Gasteiger partial charge in [0.05, 0.1) is 40.7 Å². The van der Waals surface area contributed by atoms with Gasteiger partial charge in [-0.25, -0.2) is 0 Å². The van der Waals surface area contributed by atoms with Crippen molar-refractivity contribution in [2.75, 3.05) is 0 Å². The molecule has 15 heavy (non-hydrogen) atoms. The first kappa shape index (κ1) is 11.5. The molecular formula is C9H12N2O4. The number of aromatic nitrogens is 1. The van der Waals surface area contributed by atoms with Gasteiger partial charge in [-0.2, -0.15) is 0 Å². The van der Waals surface area contributed by atoms with Crippen molar-refractivity contribution in [3.63, 3.8) is 0 Å². The Balaban J connectivity index is 3.53. The van der Waals surface area contributed by atoms with Crippen LogP contribution in [0.1, 0.15) is 22.5 Å². The average Bonchev–Trinajstić information content (AvgIpc) is 2.18. The number of hydrogen-bond donors (Lipinski definition) is 2. The molecule has 0 aliphatic heterocycles. The Bertz CT molecular complexity index is 375. The molecule has 0 fully saturated rings. The lowest BCUT2D eigenvalue weighted by Gasteiger charge is -2.09. The summed E-state index contributed by atoms with van der Waals surface area (Å²) in [6, 6.07) is 0. The van der Waals surface area contributed by atoms with Gasteiger partial charge < -0.3 is 10.2 Å². The fraction of sp³-hybridized carbons (Fsp3) is 0.444. The Morgan fingerprint density at radius 2 is 1.60 bits per heavy atom. The lowest BCUT2D eigenvalue weighted by Crippen LogP contribution is -2.07. The Labute approximate surface area is 86.4 Å². The molecule has 0 aliphatic rings. The molecule has 82 valence electrons. The standard InChI is InChI=1S/C9H12N2O4/c1-5-7(3-12)10-8(4-13)6(2)9(5)11(14)15/h12-13H,3-4H2,1-2H3. The Kier molecular flexibility index (Phi) is 3.33. The molecule has 2 N–H and O–H groups in total. The van der Waals surface area contributed by atoms with E-state index in [0.717, 1.165) is 0 Å². The quantitative estimate of drug-likeness (QED) is 0.564. The first-order valence-corrected chi connectivity index (χ1v) is 4.38. The van der Waals surface area contributed by atoms with Crippen LogP contribution in [0, 0.1) is 24.0 Å². The number of pyridine rings is 1. The second-order valence-electron chi connectivity index (χ2n) is 3.18. The van der Waals surface area contributed by atoms with Crippen LogP contribution >= 0.6 is 0 Å². The van der Waals surface area contributed by atoms with E-state index in [1.165, 1.54) is 13.8 Å². The van der Waals surface area contributed by atoms with Crippen LogP contribution in [0.15, 0.2) is 0 Å². The zero-order valence-electron chi connectivity index (χ0n) is 8.52. The van der Waals surface area contributed by atoms with Crippen LogP contribution in [0.25, 0.3) is 0 Å². The smallest absolute Gasteiger partial charge is 0.279 e. The van der Waals surface area contributed by atoms with E-state index in [9.17, 15) is 10.1 Å². The van der Waals surface area contributed by atoms with Gasteiger partial charge in [0.15, 0.2) is 0 Å². The highest BCUT2D eigenvalue weighted by Gasteiger charge is 2.21. The number of nitrogens with zero attached hydrogens (tertiary/aromatic N) is 2. The minimum absolute atomic E-state index is 0.0851. The summed E-state index contributed by atoms with van der Waals surface area (Å²) in [5.74, 6) is 0. The SMILES string of the molecule is Cc1c(CO)nc(CO)c(C)c1[N+](=O)[O-]. The summed E-state index contributed by atoms with van der Waals surface area (Å²) in [6.07, 6.45) is 0. The highest BCUT2D eigenvalue weighted by molar-refractivity contribution is 5.50. The first-order valence-electron chi connectivity index (χ1n) is 4.38. The van der Waals surface area contributed by atoms with E-state index in [1.807, 2.05) is 0 Å². The van der Waals surface area contributed by atoms with Gasteiger partial charge in [0.25, 0.3) is 5.69 Å². The van der Waals surface area contributed by atoms with Crippen molar-refractivity contribution < 1.29 is 15.1 Å². The molecule has 0 radical (unpaired) electrons. The second kappa shape index (κ2) is 4.33. The number of nitro groups is 1. The van der Waals surface area contributed by atoms with Gasteiger partial charge in [0, 0.05) is 0 Å². The van der Waals surface area contributed by atoms with Gasteiger partial charge in [-0.15, -0.1) is 0 Å². The maximum atomic E-state index is 10.8. The topological polar surface area (TPSA) is 96.5 Å². The fourth-order valence-corrected chi connectivity index (χ4v) is 1.47. The summed E-state index contributed by atoms with van der Waals surface area (Å²) in [5.41, 5.74) is 1.07. The first-order chi connectivity index (χ1) is 7.02. The minimum atomic E-state index is -0.523. The summed E-state index contributed by atoms with van der Waals surface area (Å²) in [4.78, 5) is 14.2. The number of aliphatic hydroxyl groups excluding tert-OH is 2. The van der Waals surface area contributed by atoms with Gasteiger partial charge in [-0.3, -0.25) is 15.1 Å². The molecule has 0 unspecified atom stereocenters. The summed E-state index contributed by atoms with van der Waals surface area (Å²) >= 11 is 0. The summed E-state index contributed by atoms with van der Waals surface area (Å²) in [7, 11) is 0. The maximum Gasteiger partial charge on any atom is 0.279 e. The maximum absolute atomic E-state index is 10.8. The molecule has 6 heteroatoms. The lowest BCUT2D eigenvalue weighted by atomic mass is 10.1. The normalized spacial score (nSPS) is 10.4. The molecule has 1 aromatic rings. The number of hydrogen-bond acceptors (Lipinski definition) is 5. The molecule has 0 atom stereocenters. The van der Waals surface area contributed by atoms with E-state index < -0.39 is 4.92 Å². The third-order valence-corrected chi connectivity index (χ3v) is 2.33. The molecule has 0 bridgehead atoms. The van der Waals surface area contributed by atoms with Crippen molar-refractivity contribution >= 4 is 5.69 Å². The van der Waals surface area contributed by atoms with Gasteiger partial charge >= 0.3 is 0 Å². The molecule has 0 saturated heterocycles. The molecule has 0 aromatic carbocycles. The molecule has 0 spiro atoms. The monoisotopic (exact) mass is 212 g/mol. The molecule has 0 saturated carbocycles. The number of aliphatic hydroxyl groups is 2. The van der Waals surface area contributed by atoms with Crippen LogP contribution in [0.3, 0.4) is 0 Å². The highest BCUT2D eigenvalue weighted by atomic mass is 16.6.